The zero-order chi connectivity index (χ0) is 23.6. The van der Waals surface area contributed by atoms with Crippen LogP contribution in [0, 0.1) is 0 Å². The number of anilines is 1. The van der Waals surface area contributed by atoms with E-state index in [4.69, 9.17) is 4.42 Å². The van der Waals surface area contributed by atoms with Crippen LogP contribution in [-0.4, -0.2) is 48.0 Å². The van der Waals surface area contributed by atoms with Crippen LogP contribution < -0.4 is 10.7 Å². The van der Waals surface area contributed by atoms with E-state index in [9.17, 15) is 22.8 Å². The summed E-state index contributed by atoms with van der Waals surface area (Å²) in [7, 11) is 0. The van der Waals surface area contributed by atoms with Crippen LogP contribution in [0.15, 0.2) is 51.7 Å². The van der Waals surface area contributed by atoms with Crippen LogP contribution in [0.2, 0.25) is 0 Å². The zero-order valence-corrected chi connectivity index (χ0v) is 18.4. The van der Waals surface area contributed by atoms with Crippen LogP contribution in [0.5, 0.6) is 0 Å². The van der Waals surface area contributed by atoms with Gasteiger partial charge in [0.15, 0.2) is 11.4 Å². The predicted molar refractivity (Wildman–Crippen MR) is 120 cm³/mol. The van der Waals surface area contributed by atoms with E-state index in [1.807, 2.05) is 0 Å². The first kappa shape index (κ1) is 23.1. The number of oxazole rings is 1. The molecule has 9 heteroatoms. The number of nitrogens with zero attached hydrogens (tertiary/aromatic N) is 3. The first-order valence-corrected chi connectivity index (χ1v) is 11.0. The SMILES string of the molecule is CC(=O)c1ccc2c(c1)oc(=O)n2CCCCN1CCN(c2ccc(C(F)(F)F)cc2)CC1. The number of rotatable bonds is 7. The van der Waals surface area contributed by atoms with Gasteiger partial charge in [-0.1, -0.05) is 0 Å². The highest BCUT2D eigenvalue weighted by atomic mass is 19.4. The molecule has 0 spiro atoms. The molecule has 33 heavy (non-hydrogen) atoms. The third-order valence-electron chi connectivity index (χ3n) is 6.11. The van der Waals surface area contributed by atoms with Crippen LogP contribution in [0.3, 0.4) is 0 Å². The van der Waals surface area contributed by atoms with Crippen molar-refractivity contribution in [3.63, 3.8) is 0 Å². The fraction of sp³-hybridized carbons (Fsp3) is 0.417. The maximum atomic E-state index is 12.7. The van der Waals surface area contributed by atoms with Gasteiger partial charge in [0.25, 0.3) is 0 Å². The summed E-state index contributed by atoms with van der Waals surface area (Å²) in [6.07, 6.45) is -2.60. The number of aromatic nitrogens is 1. The summed E-state index contributed by atoms with van der Waals surface area (Å²) in [5.41, 5.74) is 1.80. The number of hydrogen-bond acceptors (Lipinski definition) is 5. The molecule has 1 aromatic heterocycles. The van der Waals surface area contributed by atoms with Gasteiger partial charge in [-0.25, -0.2) is 4.79 Å². The molecule has 1 fully saturated rings. The molecule has 6 nitrogen and oxygen atoms in total. The van der Waals surface area contributed by atoms with Crippen molar-refractivity contribution < 1.29 is 22.4 Å². The predicted octanol–water partition coefficient (Wildman–Crippen LogP) is 4.42. The molecule has 0 unspecified atom stereocenters. The molecule has 176 valence electrons. The molecule has 1 aliphatic heterocycles. The summed E-state index contributed by atoms with van der Waals surface area (Å²) in [5, 5.41) is 0. The van der Waals surface area contributed by atoms with E-state index < -0.39 is 17.5 Å². The number of piperazine rings is 1. The molecule has 2 heterocycles. The van der Waals surface area contributed by atoms with Crippen molar-refractivity contribution in [2.24, 2.45) is 0 Å². The Balaban J connectivity index is 1.24. The Labute approximate surface area is 189 Å². The van der Waals surface area contributed by atoms with Gasteiger partial charge in [-0.2, -0.15) is 13.2 Å². The van der Waals surface area contributed by atoms with E-state index in [1.165, 1.54) is 19.1 Å². The minimum absolute atomic E-state index is 0.0780. The number of Topliss-reactive ketones (excluding diaryl/α,β-unsaturated/α-hetero) is 1. The van der Waals surface area contributed by atoms with Crippen LogP contribution >= 0.6 is 0 Å². The largest absolute Gasteiger partial charge is 0.419 e. The first-order chi connectivity index (χ1) is 15.7. The Morgan fingerprint density at radius 3 is 2.27 bits per heavy atom. The summed E-state index contributed by atoms with van der Waals surface area (Å²) >= 11 is 0. The number of aryl methyl sites for hydroxylation is 1. The number of unbranched alkanes of at least 4 members (excludes halogenated alkanes) is 1. The van der Waals surface area contributed by atoms with Crippen molar-refractivity contribution in [1.29, 1.82) is 0 Å². The maximum Gasteiger partial charge on any atom is 0.419 e. The molecule has 0 bridgehead atoms. The van der Waals surface area contributed by atoms with Crippen molar-refractivity contribution in [3.8, 4) is 0 Å². The fourth-order valence-electron chi connectivity index (χ4n) is 4.19. The van der Waals surface area contributed by atoms with Crippen molar-refractivity contribution in [3.05, 3.63) is 64.1 Å². The number of carbonyl (C=O) groups excluding carboxylic acids is 1. The fourth-order valence-corrected chi connectivity index (χ4v) is 4.19. The second-order valence-corrected chi connectivity index (χ2v) is 8.34. The number of hydrogen-bond donors (Lipinski definition) is 0. The molecule has 1 aliphatic rings. The molecule has 3 aromatic rings. The second kappa shape index (κ2) is 9.43. The number of carbonyl (C=O) groups is 1. The zero-order valence-electron chi connectivity index (χ0n) is 18.4. The molecule has 0 radical (unpaired) electrons. The average molecular weight is 461 g/mol. The Morgan fingerprint density at radius 2 is 1.64 bits per heavy atom. The van der Waals surface area contributed by atoms with Crippen molar-refractivity contribution in [2.75, 3.05) is 37.6 Å². The summed E-state index contributed by atoms with van der Waals surface area (Å²) in [4.78, 5) is 28.1. The lowest BCUT2D eigenvalue weighted by molar-refractivity contribution is -0.137. The Morgan fingerprint density at radius 1 is 0.970 bits per heavy atom. The Kier molecular flexibility index (Phi) is 6.60. The van der Waals surface area contributed by atoms with Crippen LogP contribution in [0.25, 0.3) is 11.1 Å². The smallest absolute Gasteiger partial charge is 0.408 e. The molecular weight excluding hydrogens is 435 g/mol. The summed E-state index contributed by atoms with van der Waals surface area (Å²) < 4.78 is 45.1. The number of halogens is 3. The molecule has 4 rings (SSSR count). The van der Waals surface area contributed by atoms with Crippen LogP contribution in [0.4, 0.5) is 18.9 Å². The third kappa shape index (κ3) is 5.30. The molecule has 0 atom stereocenters. The van der Waals surface area contributed by atoms with Gasteiger partial charge in [-0.3, -0.25) is 14.3 Å². The highest BCUT2D eigenvalue weighted by molar-refractivity contribution is 5.96. The van der Waals surface area contributed by atoms with Gasteiger partial charge >= 0.3 is 11.9 Å². The molecule has 0 N–H and O–H groups in total. The number of benzene rings is 2. The molecule has 2 aromatic carbocycles. The first-order valence-electron chi connectivity index (χ1n) is 11.0. The molecule has 0 aliphatic carbocycles. The van der Waals surface area contributed by atoms with E-state index in [1.54, 1.807) is 22.8 Å². The lowest BCUT2D eigenvalue weighted by Gasteiger charge is -2.36. The standard InChI is InChI=1S/C24H26F3N3O3/c1-17(31)18-4-9-21-22(16-18)33-23(32)30(21)11-3-2-10-28-12-14-29(15-13-28)20-7-5-19(6-8-20)24(25,26)27/h4-9,16H,2-3,10-15H2,1H3. The number of ketones is 1. The van der Waals surface area contributed by atoms with Gasteiger partial charge in [-0.15, -0.1) is 0 Å². The van der Waals surface area contributed by atoms with Crippen molar-refractivity contribution >= 4 is 22.6 Å². The minimum atomic E-state index is -4.32. The van der Waals surface area contributed by atoms with Crippen molar-refractivity contribution in [2.45, 2.75) is 32.5 Å². The van der Waals surface area contributed by atoms with Crippen molar-refractivity contribution in [1.82, 2.24) is 9.47 Å². The van der Waals surface area contributed by atoms with Gasteiger partial charge in [-0.05, 0) is 68.8 Å². The van der Waals surface area contributed by atoms with Gasteiger partial charge in [0.1, 0.15) is 0 Å². The number of fused-ring (bicyclic) bond motifs is 1. The lowest BCUT2D eigenvalue weighted by Crippen LogP contribution is -2.46. The highest BCUT2D eigenvalue weighted by Crippen LogP contribution is 2.30. The van der Waals surface area contributed by atoms with Crippen LogP contribution in [0.1, 0.15) is 35.7 Å². The number of alkyl halides is 3. The van der Waals surface area contributed by atoms with Gasteiger partial charge in [0.05, 0.1) is 11.1 Å². The van der Waals surface area contributed by atoms with E-state index in [0.29, 0.717) is 23.2 Å². The topological polar surface area (TPSA) is 58.7 Å². The third-order valence-corrected chi connectivity index (χ3v) is 6.11. The van der Waals surface area contributed by atoms with E-state index in [2.05, 4.69) is 9.80 Å². The Bertz CT molecular complexity index is 1170. The quantitative estimate of drug-likeness (QED) is 0.385. The Hall–Kier alpha value is -3.07. The monoisotopic (exact) mass is 461 g/mol. The van der Waals surface area contributed by atoms with E-state index >= 15 is 0 Å². The highest BCUT2D eigenvalue weighted by Gasteiger charge is 2.30. The maximum absolute atomic E-state index is 12.7. The summed E-state index contributed by atoms with van der Waals surface area (Å²) in [5.74, 6) is -0.499. The molecule has 0 saturated carbocycles. The van der Waals surface area contributed by atoms with E-state index in [0.717, 1.165) is 63.4 Å². The molecule has 0 amide bonds. The summed E-state index contributed by atoms with van der Waals surface area (Å²) in [6.45, 7) is 6.09. The summed E-state index contributed by atoms with van der Waals surface area (Å²) in [6, 6.07) is 10.4. The minimum Gasteiger partial charge on any atom is -0.408 e. The molecular formula is C24H26F3N3O3. The lowest BCUT2D eigenvalue weighted by atomic mass is 10.1. The normalized spacial score (nSPS) is 15.3. The second-order valence-electron chi connectivity index (χ2n) is 8.34. The van der Waals surface area contributed by atoms with Gasteiger partial charge < -0.3 is 9.32 Å². The average Bonchev–Trinajstić information content (AvgIpc) is 3.10. The molecule has 1 saturated heterocycles. The van der Waals surface area contributed by atoms with E-state index in [-0.39, 0.29) is 5.78 Å². The van der Waals surface area contributed by atoms with Crippen LogP contribution in [-0.2, 0) is 12.7 Å². The van der Waals surface area contributed by atoms with Gasteiger partial charge in [0.2, 0.25) is 0 Å². The van der Waals surface area contributed by atoms with Gasteiger partial charge in [0, 0.05) is 44.0 Å².